The molecule has 30 heavy (non-hydrogen) atoms. The van der Waals surface area contributed by atoms with Crippen molar-refractivity contribution in [1.82, 2.24) is 10.2 Å². The second-order valence-corrected chi connectivity index (χ2v) is 10.5. The molecule has 1 aliphatic heterocycles. The Bertz CT molecular complexity index is 569. The Balaban J connectivity index is 1.44. The summed E-state index contributed by atoms with van der Waals surface area (Å²) in [6, 6.07) is 0. The first kappa shape index (κ1) is 23.8. The number of unbranched alkanes of at least 4 members (excludes halogenated alkanes) is 2. The van der Waals surface area contributed by atoms with E-state index >= 15 is 0 Å². The Labute approximate surface area is 185 Å². The van der Waals surface area contributed by atoms with Gasteiger partial charge in [0.25, 0.3) is 0 Å². The van der Waals surface area contributed by atoms with Gasteiger partial charge in [0.2, 0.25) is 0 Å². The van der Waals surface area contributed by atoms with Crippen LogP contribution >= 0.6 is 0 Å². The van der Waals surface area contributed by atoms with Crippen LogP contribution < -0.4 is 5.32 Å². The fourth-order valence-electron chi connectivity index (χ4n) is 6.27. The molecule has 1 heterocycles. The van der Waals surface area contributed by atoms with Crippen LogP contribution in [0.5, 0.6) is 0 Å². The molecule has 0 spiro atoms. The van der Waals surface area contributed by atoms with Crippen LogP contribution in [0.1, 0.15) is 85.0 Å². The molecule has 0 aromatic carbocycles. The molecule has 1 N–H and O–H groups in total. The van der Waals surface area contributed by atoms with Crippen molar-refractivity contribution in [3.63, 3.8) is 0 Å². The zero-order valence-electron chi connectivity index (χ0n) is 19.9. The highest BCUT2D eigenvalue weighted by Gasteiger charge is 2.54. The molecule has 172 valence electrons. The van der Waals surface area contributed by atoms with Gasteiger partial charge in [-0.25, -0.2) is 0 Å². The molecule has 4 heteroatoms. The summed E-state index contributed by atoms with van der Waals surface area (Å²) < 4.78 is 5.89. The average molecular weight is 419 g/mol. The van der Waals surface area contributed by atoms with Gasteiger partial charge in [0.15, 0.2) is 0 Å². The minimum Gasteiger partial charge on any atom is -0.462 e. The van der Waals surface area contributed by atoms with E-state index in [0.717, 1.165) is 38.9 Å². The van der Waals surface area contributed by atoms with E-state index in [1.165, 1.54) is 63.6 Å². The number of hydrogen-bond donors (Lipinski definition) is 1. The Kier molecular flexibility index (Phi) is 8.82. The molecule has 0 amide bonds. The van der Waals surface area contributed by atoms with E-state index in [1.54, 1.807) is 0 Å². The lowest BCUT2D eigenvalue weighted by atomic mass is 9.55. The van der Waals surface area contributed by atoms with Crippen molar-refractivity contribution in [3.8, 4) is 0 Å². The number of carbonyl (C=O) groups is 1. The maximum atomic E-state index is 12.6. The molecule has 4 nitrogen and oxygen atoms in total. The van der Waals surface area contributed by atoms with Gasteiger partial charge < -0.3 is 15.0 Å². The third-order valence-electron chi connectivity index (χ3n) is 8.17. The van der Waals surface area contributed by atoms with Crippen LogP contribution in [0.4, 0.5) is 0 Å². The summed E-state index contributed by atoms with van der Waals surface area (Å²) in [6.07, 6.45) is 12.2. The van der Waals surface area contributed by atoms with E-state index in [9.17, 15) is 4.79 Å². The molecule has 2 aliphatic carbocycles. The zero-order valence-corrected chi connectivity index (χ0v) is 19.9. The topological polar surface area (TPSA) is 41.6 Å². The first-order valence-corrected chi connectivity index (χ1v) is 12.8. The Morgan fingerprint density at radius 3 is 2.57 bits per heavy atom. The number of rotatable bonds is 12. The molecule has 0 unspecified atom stereocenters. The van der Waals surface area contributed by atoms with Crippen molar-refractivity contribution in [2.75, 3.05) is 32.7 Å². The maximum Gasteiger partial charge on any atom is 0.310 e. The zero-order chi connectivity index (χ0) is 21.6. The van der Waals surface area contributed by atoms with Gasteiger partial charge in [-0.15, -0.1) is 0 Å². The van der Waals surface area contributed by atoms with Gasteiger partial charge in [-0.2, -0.15) is 0 Å². The van der Waals surface area contributed by atoms with Crippen molar-refractivity contribution >= 4 is 5.97 Å². The molecule has 3 aliphatic rings. The summed E-state index contributed by atoms with van der Waals surface area (Å²) in [6.45, 7) is 16.7. The van der Waals surface area contributed by atoms with Crippen molar-refractivity contribution in [3.05, 3.63) is 12.2 Å². The first-order valence-electron chi connectivity index (χ1n) is 12.8. The Morgan fingerprint density at radius 1 is 1.17 bits per heavy atom. The number of nitrogens with zero attached hydrogens (tertiary/aromatic N) is 1. The van der Waals surface area contributed by atoms with Crippen LogP contribution in [0.2, 0.25) is 0 Å². The summed E-state index contributed by atoms with van der Waals surface area (Å²) in [5.74, 6) is 1.03. The summed E-state index contributed by atoms with van der Waals surface area (Å²) in [4.78, 5) is 15.3. The highest BCUT2D eigenvalue weighted by atomic mass is 16.6. The highest BCUT2D eigenvalue weighted by molar-refractivity contribution is 5.75. The Morgan fingerprint density at radius 2 is 1.87 bits per heavy atom. The van der Waals surface area contributed by atoms with Crippen LogP contribution in [0.3, 0.4) is 0 Å². The minimum atomic E-state index is 0.0329. The van der Waals surface area contributed by atoms with Gasteiger partial charge in [0.1, 0.15) is 6.10 Å². The third kappa shape index (κ3) is 5.68. The molecular weight excluding hydrogens is 372 g/mol. The number of esters is 1. The fraction of sp³-hybridized carbons (Fsp3) is 0.885. The third-order valence-corrected chi connectivity index (χ3v) is 8.17. The van der Waals surface area contributed by atoms with Crippen LogP contribution in [0.25, 0.3) is 0 Å². The summed E-state index contributed by atoms with van der Waals surface area (Å²) in [7, 11) is 0. The van der Waals surface area contributed by atoms with Gasteiger partial charge in [0.05, 0.1) is 5.92 Å². The molecule has 0 radical (unpaired) electrons. The van der Waals surface area contributed by atoms with Crippen molar-refractivity contribution in [2.24, 2.45) is 23.2 Å². The van der Waals surface area contributed by atoms with Gasteiger partial charge in [-0.3, -0.25) is 4.79 Å². The monoisotopic (exact) mass is 418 g/mol. The highest BCUT2D eigenvalue weighted by Crippen LogP contribution is 2.56. The molecule has 0 aromatic heterocycles. The Hall–Kier alpha value is -0.870. The standard InChI is InChI=1S/C26H46N2O2/c1-5-7-14-28(15-8-6-2)16-10-13-27-19-22-21-17-23-20(3)11-9-12-26(23,4)18-24(21)30-25(22)29/h21-24,27H,3,5-19H2,1-2,4H3/t21-,22-,23-,24+,26-/m1/s1. The molecule has 0 aromatic rings. The molecule has 3 rings (SSSR count). The number of allylic oxidation sites excluding steroid dienone is 1. The van der Waals surface area contributed by atoms with Crippen LogP contribution in [0, 0.1) is 23.2 Å². The van der Waals surface area contributed by atoms with E-state index in [2.05, 4.69) is 37.6 Å². The second kappa shape index (κ2) is 11.1. The molecular formula is C26H46N2O2. The van der Waals surface area contributed by atoms with Gasteiger partial charge in [0, 0.05) is 12.5 Å². The van der Waals surface area contributed by atoms with Gasteiger partial charge in [-0.1, -0.05) is 45.8 Å². The molecule has 0 bridgehead atoms. The summed E-state index contributed by atoms with van der Waals surface area (Å²) in [5.41, 5.74) is 1.71. The summed E-state index contributed by atoms with van der Waals surface area (Å²) >= 11 is 0. The first-order chi connectivity index (χ1) is 14.5. The number of ether oxygens (including phenoxy) is 1. The summed E-state index contributed by atoms with van der Waals surface area (Å²) in [5, 5.41) is 3.60. The molecule has 2 saturated carbocycles. The lowest BCUT2D eigenvalue weighted by Crippen LogP contribution is -2.45. The normalized spacial score (nSPS) is 33.5. The number of carbonyl (C=O) groups excluding carboxylic acids is 1. The number of fused-ring (bicyclic) bond motifs is 2. The number of nitrogens with one attached hydrogen (secondary N) is 1. The SMILES string of the molecule is C=C1CCC[C@]2(C)C[C@@H]3OC(=O)[C@H](CNCCCN(CCCC)CCCC)[C@H]3C[C@H]12. The van der Waals surface area contributed by atoms with Crippen LogP contribution in [-0.2, 0) is 9.53 Å². The largest absolute Gasteiger partial charge is 0.462 e. The molecule has 5 atom stereocenters. The molecule has 3 fully saturated rings. The van der Waals surface area contributed by atoms with Crippen LogP contribution in [-0.4, -0.2) is 49.7 Å². The van der Waals surface area contributed by atoms with E-state index in [0.29, 0.717) is 17.3 Å². The van der Waals surface area contributed by atoms with Gasteiger partial charge in [-0.05, 0) is 88.9 Å². The lowest BCUT2D eigenvalue weighted by Gasteiger charge is -2.50. The number of hydrogen-bond acceptors (Lipinski definition) is 4. The lowest BCUT2D eigenvalue weighted by molar-refractivity contribution is -0.146. The van der Waals surface area contributed by atoms with Crippen molar-refractivity contribution in [2.45, 2.75) is 91.1 Å². The van der Waals surface area contributed by atoms with Crippen molar-refractivity contribution < 1.29 is 9.53 Å². The predicted octanol–water partition coefficient (Wildman–Crippen LogP) is 5.18. The second-order valence-electron chi connectivity index (χ2n) is 10.5. The average Bonchev–Trinajstić information content (AvgIpc) is 3.01. The van der Waals surface area contributed by atoms with Crippen LogP contribution in [0.15, 0.2) is 12.2 Å². The maximum absolute atomic E-state index is 12.6. The quantitative estimate of drug-likeness (QED) is 0.269. The van der Waals surface area contributed by atoms with E-state index in [4.69, 9.17) is 4.74 Å². The predicted molar refractivity (Wildman–Crippen MR) is 124 cm³/mol. The minimum absolute atomic E-state index is 0.0329. The van der Waals surface area contributed by atoms with Gasteiger partial charge >= 0.3 is 5.97 Å². The smallest absolute Gasteiger partial charge is 0.310 e. The van der Waals surface area contributed by atoms with E-state index in [1.807, 2.05) is 0 Å². The van der Waals surface area contributed by atoms with Crippen molar-refractivity contribution in [1.29, 1.82) is 0 Å². The van der Waals surface area contributed by atoms with E-state index < -0.39 is 0 Å². The van der Waals surface area contributed by atoms with E-state index in [-0.39, 0.29) is 18.0 Å². The fourth-order valence-corrected chi connectivity index (χ4v) is 6.27. The molecule has 1 saturated heterocycles.